The van der Waals surface area contributed by atoms with Gasteiger partial charge in [0, 0.05) is 39.2 Å². The number of rotatable bonds is 4. The minimum absolute atomic E-state index is 0.0368. The zero-order valence-electron chi connectivity index (χ0n) is 16.0. The zero-order valence-corrected chi connectivity index (χ0v) is 16.0. The van der Waals surface area contributed by atoms with Gasteiger partial charge in [0.15, 0.2) is 0 Å². The van der Waals surface area contributed by atoms with Crippen LogP contribution < -0.4 is 21.5 Å². The fourth-order valence-corrected chi connectivity index (χ4v) is 3.60. The molecule has 0 saturated carbocycles. The summed E-state index contributed by atoms with van der Waals surface area (Å²) in [5.74, 6) is 0.409. The summed E-state index contributed by atoms with van der Waals surface area (Å²) >= 11 is 0. The number of amides is 1. The van der Waals surface area contributed by atoms with Gasteiger partial charge in [-0.25, -0.2) is 4.79 Å². The first-order valence-corrected chi connectivity index (χ1v) is 9.21. The third-order valence-electron chi connectivity index (χ3n) is 5.00. The molecule has 28 heavy (non-hydrogen) atoms. The highest BCUT2D eigenvalue weighted by Gasteiger charge is 2.24. The van der Waals surface area contributed by atoms with E-state index < -0.39 is 5.69 Å². The molecule has 1 aliphatic rings. The van der Waals surface area contributed by atoms with Crippen molar-refractivity contribution in [3.05, 3.63) is 62.3 Å². The van der Waals surface area contributed by atoms with Crippen LogP contribution in [-0.4, -0.2) is 34.2 Å². The van der Waals surface area contributed by atoms with Crippen LogP contribution in [0.3, 0.4) is 0 Å². The van der Waals surface area contributed by atoms with Gasteiger partial charge in [-0.1, -0.05) is 18.2 Å². The van der Waals surface area contributed by atoms with Crippen molar-refractivity contribution in [3.63, 3.8) is 0 Å². The molecule has 1 atom stereocenters. The molecular formula is C20H23N5O3. The fraction of sp³-hybridized carbons (Fsp3) is 0.400. The SMILES string of the molecule is CC(=O)NC1CCCN(c2cc(=O)n(C)c(=O)n2Cc2ccccc2C#N)C1. The summed E-state index contributed by atoms with van der Waals surface area (Å²) < 4.78 is 2.58. The maximum Gasteiger partial charge on any atom is 0.332 e. The Morgan fingerprint density at radius 1 is 1.32 bits per heavy atom. The average Bonchev–Trinajstić information content (AvgIpc) is 2.68. The van der Waals surface area contributed by atoms with Gasteiger partial charge in [0.1, 0.15) is 5.82 Å². The maximum atomic E-state index is 12.9. The minimum Gasteiger partial charge on any atom is -0.356 e. The van der Waals surface area contributed by atoms with Gasteiger partial charge in [-0.05, 0) is 24.5 Å². The molecule has 3 rings (SSSR count). The number of hydrogen-bond donors (Lipinski definition) is 1. The van der Waals surface area contributed by atoms with E-state index in [9.17, 15) is 19.6 Å². The lowest BCUT2D eigenvalue weighted by Gasteiger charge is -2.35. The predicted molar refractivity (Wildman–Crippen MR) is 105 cm³/mol. The molecule has 0 aliphatic carbocycles. The quantitative estimate of drug-likeness (QED) is 0.835. The molecule has 1 amide bonds. The molecule has 1 saturated heterocycles. The first-order valence-electron chi connectivity index (χ1n) is 9.21. The molecule has 1 aromatic heterocycles. The Labute approximate surface area is 162 Å². The van der Waals surface area contributed by atoms with E-state index in [1.165, 1.54) is 24.6 Å². The number of hydrogen-bond acceptors (Lipinski definition) is 5. The van der Waals surface area contributed by atoms with Crippen LogP contribution >= 0.6 is 0 Å². The summed E-state index contributed by atoms with van der Waals surface area (Å²) in [5.41, 5.74) is 0.384. The number of aromatic nitrogens is 2. The van der Waals surface area contributed by atoms with Gasteiger partial charge in [-0.15, -0.1) is 0 Å². The van der Waals surface area contributed by atoms with Crippen molar-refractivity contribution in [2.75, 3.05) is 18.0 Å². The lowest BCUT2D eigenvalue weighted by molar-refractivity contribution is -0.119. The van der Waals surface area contributed by atoms with Crippen LogP contribution in [0.4, 0.5) is 5.82 Å². The lowest BCUT2D eigenvalue weighted by atomic mass is 10.1. The van der Waals surface area contributed by atoms with E-state index in [4.69, 9.17) is 0 Å². The van der Waals surface area contributed by atoms with Crippen LogP contribution in [-0.2, 0) is 18.4 Å². The van der Waals surface area contributed by atoms with Crippen LogP contribution in [0.15, 0.2) is 39.9 Å². The van der Waals surface area contributed by atoms with Gasteiger partial charge in [-0.3, -0.25) is 18.7 Å². The summed E-state index contributed by atoms with van der Waals surface area (Å²) in [6, 6.07) is 10.7. The van der Waals surface area contributed by atoms with Gasteiger partial charge >= 0.3 is 5.69 Å². The molecule has 1 N–H and O–H groups in total. The first-order chi connectivity index (χ1) is 13.4. The molecule has 1 fully saturated rings. The van der Waals surface area contributed by atoms with E-state index in [1.54, 1.807) is 18.2 Å². The molecular weight excluding hydrogens is 358 g/mol. The summed E-state index contributed by atoms with van der Waals surface area (Å²) in [4.78, 5) is 38.5. The highest BCUT2D eigenvalue weighted by atomic mass is 16.2. The Bertz CT molecular complexity index is 1050. The molecule has 1 unspecified atom stereocenters. The Morgan fingerprint density at radius 3 is 2.79 bits per heavy atom. The van der Waals surface area contributed by atoms with E-state index in [-0.39, 0.29) is 24.1 Å². The number of nitrogens with zero attached hydrogens (tertiary/aromatic N) is 4. The number of piperidine rings is 1. The van der Waals surface area contributed by atoms with E-state index >= 15 is 0 Å². The molecule has 0 spiro atoms. The Hall–Kier alpha value is -3.34. The summed E-state index contributed by atoms with van der Waals surface area (Å²) in [7, 11) is 1.44. The van der Waals surface area contributed by atoms with Crippen LogP contribution in [0.5, 0.6) is 0 Å². The standard InChI is InChI=1S/C20H23N5O3/c1-14(26)22-17-8-5-9-24(13-17)18-10-19(27)23(2)20(28)25(18)12-16-7-4-3-6-15(16)11-21/h3-4,6-7,10,17H,5,8-9,12-13H2,1-2H3,(H,22,26). The highest BCUT2D eigenvalue weighted by molar-refractivity contribution is 5.73. The summed E-state index contributed by atoms with van der Waals surface area (Å²) in [5, 5.41) is 12.3. The number of benzene rings is 1. The molecule has 0 bridgehead atoms. The van der Waals surface area contributed by atoms with Gasteiger partial charge in [0.2, 0.25) is 5.91 Å². The number of anilines is 1. The van der Waals surface area contributed by atoms with Crippen molar-refractivity contribution in [2.45, 2.75) is 32.4 Å². The van der Waals surface area contributed by atoms with Crippen molar-refractivity contribution in [1.29, 1.82) is 5.26 Å². The molecule has 1 aliphatic heterocycles. The van der Waals surface area contributed by atoms with Gasteiger partial charge in [0.25, 0.3) is 5.56 Å². The lowest BCUT2D eigenvalue weighted by Crippen LogP contribution is -2.50. The highest BCUT2D eigenvalue weighted by Crippen LogP contribution is 2.20. The molecule has 2 heterocycles. The predicted octanol–water partition coefficient (Wildman–Crippen LogP) is 0.572. The van der Waals surface area contributed by atoms with Crippen LogP contribution in [0.25, 0.3) is 0 Å². The number of nitrogens with one attached hydrogen (secondary N) is 1. The van der Waals surface area contributed by atoms with E-state index in [1.807, 2.05) is 11.0 Å². The minimum atomic E-state index is -0.433. The monoisotopic (exact) mass is 381 g/mol. The van der Waals surface area contributed by atoms with Crippen molar-refractivity contribution in [2.24, 2.45) is 7.05 Å². The van der Waals surface area contributed by atoms with Crippen molar-refractivity contribution < 1.29 is 4.79 Å². The normalized spacial score (nSPS) is 16.5. The van der Waals surface area contributed by atoms with E-state index in [2.05, 4.69) is 11.4 Å². The van der Waals surface area contributed by atoms with Crippen LogP contribution in [0, 0.1) is 11.3 Å². The molecule has 8 nitrogen and oxygen atoms in total. The smallest absolute Gasteiger partial charge is 0.332 e. The molecule has 1 aromatic carbocycles. The maximum absolute atomic E-state index is 12.9. The second kappa shape index (κ2) is 8.13. The summed E-state index contributed by atoms with van der Waals surface area (Å²) in [6.07, 6.45) is 1.69. The van der Waals surface area contributed by atoms with Crippen LogP contribution in [0.1, 0.15) is 30.9 Å². The molecule has 2 aromatic rings. The summed E-state index contributed by atoms with van der Waals surface area (Å²) in [6.45, 7) is 2.87. The third kappa shape index (κ3) is 3.98. The van der Waals surface area contributed by atoms with Gasteiger partial charge in [0.05, 0.1) is 18.2 Å². The number of carbonyl (C=O) groups is 1. The zero-order chi connectivity index (χ0) is 20.3. The molecule has 8 heteroatoms. The van der Waals surface area contributed by atoms with Gasteiger partial charge < -0.3 is 10.2 Å². The third-order valence-corrected chi connectivity index (χ3v) is 5.00. The first kappa shape index (κ1) is 19.4. The topological polar surface area (TPSA) is 100 Å². The number of carbonyl (C=O) groups excluding carboxylic acids is 1. The molecule has 0 radical (unpaired) electrons. The largest absolute Gasteiger partial charge is 0.356 e. The van der Waals surface area contributed by atoms with Gasteiger partial charge in [-0.2, -0.15) is 5.26 Å². The number of nitriles is 1. The van der Waals surface area contributed by atoms with Crippen LogP contribution in [0.2, 0.25) is 0 Å². The van der Waals surface area contributed by atoms with E-state index in [0.29, 0.717) is 30.0 Å². The van der Waals surface area contributed by atoms with Crippen molar-refractivity contribution >= 4 is 11.7 Å². The Morgan fingerprint density at radius 2 is 2.07 bits per heavy atom. The second-order valence-electron chi connectivity index (χ2n) is 7.02. The average molecular weight is 381 g/mol. The van der Waals surface area contributed by atoms with Crippen molar-refractivity contribution in [1.82, 2.24) is 14.5 Å². The van der Waals surface area contributed by atoms with Crippen molar-refractivity contribution in [3.8, 4) is 6.07 Å². The Balaban J connectivity index is 2.04. The molecule has 146 valence electrons. The second-order valence-corrected chi connectivity index (χ2v) is 7.02. The fourth-order valence-electron chi connectivity index (χ4n) is 3.60. The Kier molecular flexibility index (Phi) is 5.64. The van der Waals surface area contributed by atoms with E-state index in [0.717, 1.165) is 17.4 Å².